The Bertz CT molecular complexity index is 641. The van der Waals surface area contributed by atoms with Gasteiger partial charge in [-0.1, -0.05) is 6.07 Å². The minimum absolute atomic E-state index is 0.540. The number of aromatic nitrogens is 1. The van der Waals surface area contributed by atoms with Crippen LogP contribution in [0.3, 0.4) is 0 Å². The largest absolute Gasteiger partial charge is 0.494 e. The predicted octanol–water partition coefficient (Wildman–Crippen LogP) is 3.84. The number of rotatable bonds is 6. The highest BCUT2D eigenvalue weighted by atomic mass is 32.1. The summed E-state index contributed by atoms with van der Waals surface area (Å²) in [6, 6.07) is 12.5. The molecule has 3 rings (SSSR count). The molecule has 0 saturated heterocycles. The van der Waals surface area contributed by atoms with E-state index in [4.69, 9.17) is 17.0 Å². The molecule has 2 aromatic rings. The Morgan fingerprint density at radius 3 is 2.70 bits per heavy atom. The third-order valence-corrected chi connectivity index (χ3v) is 4.08. The molecule has 0 radical (unpaired) electrons. The number of thiocarbonyl (C=S) groups is 1. The van der Waals surface area contributed by atoms with Gasteiger partial charge in [-0.15, -0.1) is 0 Å². The van der Waals surface area contributed by atoms with Gasteiger partial charge in [-0.2, -0.15) is 0 Å². The molecular formula is C18H21N3OS. The van der Waals surface area contributed by atoms with Crippen LogP contribution >= 0.6 is 12.2 Å². The molecule has 120 valence electrons. The second-order valence-electron chi connectivity index (χ2n) is 5.61. The zero-order chi connectivity index (χ0) is 16.1. The van der Waals surface area contributed by atoms with Crippen LogP contribution in [0.2, 0.25) is 0 Å². The van der Waals surface area contributed by atoms with Gasteiger partial charge in [0.15, 0.2) is 5.11 Å². The molecule has 0 amide bonds. The van der Waals surface area contributed by atoms with Crippen LogP contribution in [0, 0.1) is 0 Å². The molecule has 5 heteroatoms. The lowest BCUT2D eigenvalue weighted by Gasteiger charge is -2.26. The fraction of sp³-hybridized carbons (Fsp3) is 0.333. The molecule has 1 heterocycles. The number of ether oxygens (including phenoxy) is 1. The quantitative estimate of drug-likeness (QED) is 0.816. The molecule has 0 spiro atoms. The van der Waals surface area contributed by atoms with Crippen molar-refractivity contribution >= 4 is 23.0 Å². The van der Waals surface area contributed by atoms with Gasteiger partial charge in [0.25, 0.3) is 0 Å². The molecule has 23 heavy (non-hydrogen) atoms. The van der Waals surface area contributed by atoms with E-state index < -0.39 is 0 Å². The summed E-state index contributed by atoms with van der Waals surface area (Å²) in [7, 11) is 0. The summed E-state index contributed by atoms with van der Waals surface area (Å²) in [4.78, 5) is 6.44. The van der Waals surface area contributed by atoms with Crippen LogP contribution in [0.5, 0.6) is 5.75 Å². The first kappa shape index (κ1) is 15.7. The predicted molar refractivity (Wildman–Crippen MR) is 96.6 cm³/mol. The van der Waals surface area contributed by atoms with E-state index in [1.54, 1.807) is 6.20 Å². The maximum absolute atomic E-state index is 5.62. The highest BCUT2D eigenvalue weighted by molar-refractivity contribution is 7.80. The van der Waals surface area contributed by atoms with Crippen molar-refractivity contribution in [2.45, 2.75) is 32.4 Å². The van der Waals surface area contributed by atoms with Gasteiger partial charge in [-0.3, -0.25) is 4.98 Å². The summed E-state index contributed by atoms with van der Waals surface area (Å²) < 4.78 is 5.46. The van der Waals surface area contributed by atoms with Crippen LogP contribution in [-0.2, 0) is 6.54 Å². The number of nitrogens with one attached hydrogen (secondary N) is 1. The van der Waals surface area contributed by atoms with Gasteiger partial charge in [0, 0.05) is 30.7 Å². The molecule has 4 nitrogen and oxygen atoms in total. The fourth-order valence-corrected chi connectivity index (χ4v) is 2.77. The number of hydrogen-bond donors (Lipinski definition) is 1. The van der Waals surface area contributed by atoms with Crippen molar-refractivity contribution < 1.29 is 4.74 Å². The van der Waals surface area contributed by atoms with Crippen LogP contribution in [0.15, 0.2) is 48.8 Å². The van der Waals surface area contributed by atoms with Gasteiger partial charge < -0.3 is 15.0 Å². The van der Waals surface area contributed by atoms with E-state index >= 15 is 0 Å². The fourth-order valence-electron chi connectivity index (χ4n) is 2.44. The second kappa shape index (κ2) is 7.42. The van der Waals surface area contributed by atoms with E-state index in [0.717, 1.165) is 23.1 Å². The monoisotopic (exact) mass is 327 g/mol. The summed E-state index contributed by atoms with van der Waals surface area (Å²) in [5.41, 5.74) is 2.16. The van der Waals surface area contributed by atoms with E-state index in [2.05, 4.69) is 21.3 Å². The maximum atomic E-state index is 5.62. The van der Waals surface area contributed by atoms with Gasteiger partial charge in [-0.25, -0.2) is 0 Å². The van der Waals surface area contributed by atoms with E-state index in [1.807, 2.05) is 43.5 Å². The number of pyridine rings is 1. The summed E-state index contributed by atoms with van der Waals surface area (Å²) in [5.74, 6) is 0.873. The molecule has 0 aliphatic heterocycles. The molecule has 0 unspecified atom stereocenters. The van der Waals surface area contributed by atoms with Gasteiger partial charge in [0.2, 0.25) is 0 Å². The topological polar surface area (TPSA) is 37.4 Å². The van der Waals surface area contributed by atoms with E-state index in [1.165, 1.54) is 18.4 Å². The third-order valence-electron chi connectivity index (χ3n) is 3.74. The summed E-state index contributed by atoms with van der Waals surface area (Å²) in [6.07, 6.45) is 6.09. The summed E-state index contributed by atoms with van der Waals surface area (Å²) >= 11 is 5.62. The standard InChI is InChI=1S/C18H21N3OS/c1-2-22-17-9-5-15(6-10-17)20-18(23)21(16-7-8-16)13-14-4-3-11-19-12-14/h3-6,9-12,16H,2,7-8,13H2,1H3,(H,20,23). The molecule has 1 fully saturated rings. The molecule has 1 aliphatic carbocycles. The van der Waals surface area contributed by atoms with Crippen LogP contribution in [-0.4, -0.2) is 27.6 Å². The average molecular weight is 327 g/mol. The summed E-state index contributed by atoms with van der Waals surface area (Å²) in [6.45, 7) is 3.44. The third kappa shape index (κ3) is 4.42. The first-order valence-electron chi connectivity index (χ1n) is 7.95. The van der Waals surface area contributed by atoms with Crippen molar-refractivity contribution in [3.8, 4) is 5.75 Å². The Morgan fingerprint density at radius 1 is 1.30 bits per heavy atom. The highest BCUT2D eigenvalue weighted by Gasteiger charge is 2.30. The van der Waals surface area contributed by atoms with E-state index in [0.29, 0.717) is 12.6 Å². The van der Waals surface area contributed by atoms with Crippen LogP contribution in [0.4, 0.5) is 5.69 Å². The Labute approximate surface area is 142 Å². The van der Waals surface area contributed by atoms with Crippen molar-refractivity contribution in [3.63, 3.8) is 0 Å². The molecular weight excluding hydrogens is 306 g/mol. The van der Waals surface area contributed by atoms with Crippen molar-refractivity contribution in [3.05, 3.63) is 54.4 Å². The molecule has 1 saturated carbocycles. The Kier molecular flexibility index (Phi) is 5.08. The Hall–Kier alpha value is -2.14. The number of hydrogen-bond acceptors (Lipinski definition) is 3. The van der Waals surface area contributed by atoms with Crippen LogP contribution < -0.4 is 10.1 Å². The molecule has 0 atom stereocenters. The lowest BCUT2D eigenvalue weighted by Crippen LogP contribution is -2.36. The smallest absolute Gasteiger partial charge is 0.173 e. The normalized spacial score (nSPS) is 13.4. The van der Waals surface area contributed by atoms with Crippen LogP contribution in [0.1, 0.15) is 25.3 Å². The lowest BCUT2D eigenvalue weighted by atomic mass is 10.2. The van der Waals surface area contributed by atoms with Crippen molar-refractivity contribution in [2.24, 2.45) is 0 Å². The van der Waals surface area contributed by atoms with Crippen molar-refractivity contribution in [1.82, 2.24) is 9.88 Å². The van der Waals surface area contributed by atoms with Gasteiger partial charge >= 0.3 is 0 Å². The number of anilines is 1. The molecule has 1 aromatic heterocycles. The van der Waals surface area contributed by atoms with E-state index in [9.17, 15) is 0 Å². The lowest BCUT2D eigenvalue weighted by molar-refractivity contribution is 0.340. The SMILES string of the molecule is CCOc1ccc(NC(=S)N(Cc2cccnc2)C2CC2)cc1. The molecule has 1 N–H and O–H groups in total. The first-order chi connectivity index (χ1) is 11.3. The Balaban J connectivity index is 1.64. The van der Waals surface area contributed by atoms with Crippen LogP contribution in [0.25, 0.3) is 0 Å². The molecule has 0 bridgehead atoms. The first-order valence-corrected chi connectivity index (χ1v) is 8.36. The van der Waals surface area contributed by atoms with E-state index in [-0.39, 0.29) is 0 Å². The minimum atomic E-state index is 0.540. The molecule has 1 aromatic carbocycles. The Morgan fingerprint density at radius 2 is 2.09 bits per heavy atom. The van der Waals surface area contributed by atoms with Gasteiger partial charge in [0.05, 0.1) is 6.61 Å². The summed E-state index contributed by atoms with van der Waals surface area (Å²) in [5, 5.41) is 4.10. The average Bonchev–Trinajstić information content (AvgIpc) is 3.40. The molecule has 1 aliphatic rings. The minimum Gasteiger partial charge on any atom is -0.494 e. The van der Waals surface area contributed by atoms with Gasteiger partial charge in [-0.05, 0) is 67.9 Å². The maximum Gasteiger partial charge on any atom is 0.173 e. The zero-order valence-electron chi connectivity index (χ0n) is 13.2. The van der Waals surface area contributed by atoms with Gasteiger partial charge in [0.1, 0.15) is 5.75 Å². The zero-order valence-corrected chi connectivity index (χ0v) is 14.1. The van der Waals surface area contributed by atoms with Crippen molar-refractivity contribution in [1.29, 1.82) is 0 Å². The number of benzene rings is 1. The van der Waals surface area contributed by atoms with Crippen molar-refractivity contribution in [2.75, 3.05) is 11.9 Å². The second-order valence-corrected chi connectivity index (χ2v) is 5.99. The highest BCUT2D eigenvalue weighted by Crippen LogP contribution is 2.29. The number of nitrogens with zero attached hydrogens (tertiary/aromatic N) is 2.